The molecule has 4 heteroatoms. The monoisotopic (exact) mass is 186 g/mol. The second-order valence-electron chi connectivity index (χ2n) is 2.93. The molecule has 1 fully saturated rings. The zero-order valence-corrected chi connectivity index (χ0v) is 7.36. The van der Waals surface area contributed by atoms with E-state index in [0.29, 0.717) is 5.70 Å². The molecule has 0 radical (unpaired) electrons. The number of aliphatic hydroxyl groups excluding tert-OH is 1. The molecular formula is C8H11ClN2O. The van der Waals surface area contributed by atoms with Gasteiger partial charge in [0.05, 0.1) is 16.2 Å². The Morgan fingerprint density at radius 2 is 2.17 bits per heavy atom. The molecule has 0 saturated heterocycles. The van der Waals surface area contributed by atoms with Gasteiger partial charge in [0.1, 0.15) is 0 Å². The van der Waals surface area contributed by atoms with Gasteiger partial charge in [-0.15, -0.1) is 0 Å². The van der Waals surface area contributed by atoms with E-state index >= 15 is 0 Å². The Morgan fingerprint density at radius 3 is 2.42 bits per heavy atom. The van der Waals surface area contributed by atoms with Crippen LogP contribution in [0.2, 0.25) is 0 Å². The van der Waals surface area contributed by atoms with Crippen LogP contribution in [0.5, 0.6) is 0 Å². The highest BCUT2D eigenvalue weighted by Crippen LogP contribution is 2.55. The molecule has 0 bridgehead atoms. The smallest absolute Gasteiger partial charge is 0.0971 e. The third kappa shape index (κ3) is 1.20. The van der Waals surface area contributed by atoms with Crippen LogP contribution >= 0.6 is 11.6 Å². The van der Waals surface area contributed by atoms with Crippen molar-refractivity contribution >= 4 is 17.8 Å². The van der Waals surface area contributed by atoms with Gasteiger partial charge in [0.15, 0.2) is 0 Å². The van der Waals surface area contributed by atoms with Crippen LogP contribution in [0.25, 0.3) is 0 Å². The maximum absolute atomic E-state index is 9.22. The summed E-state index contributed by atoms with van der Waals surface area (Å²) in [6.45, 7) is 3.43. The Balaban J connectivity index is 2.97. The Morgan fingerprint density at radius 1 is 1.67 bits per heavy atom. The Hall–Kier alpha value is -0.960. The fourth-order valence-electron chi connectivity index (χ4n) is 1.14. The first kappa shape index (κ1) is 9.13. The van der Waals surface area contributed by atoms with Crippen LogP contribution in [0.15, 0.2) is 23.1 Å². The van der Waals surface area contributed by atoms with Crippen molar-refractivity contribution in [2.24, 2.45) is 11.1 Å². The number of hydrogen-bond acceptors (Lipinski definition) is 3. The first-order chi connectivity index (χ1) is 5.54. The molecule has 0 aromatic rings. The van der Waals surface area contributed by atoms with E-state index in [1.165, 1.54) is 0 Å². The van der Waals surface area contributed by atoms with Crippen LogP contribution in [-0.4, -0.2) is 11.3 Å². The minimum Gasteiger partial charge on any atom is -0.512 e. The SMILES string of the molecule is C=C(O)C1(/C(N)=C(\Cl)C=N)CC1. The van der Waals surface area contributed by atoms with E-state index in [-0.39, 0.29) is 10.8 Å². The second kappa shape index (κ2) is 2.83. The van der Waals surface area contributed by atoms with Crippen molar-refractivity contribution in [1.82, 2.24) is 0 Å². The van der Waals surface area contributed by atoms with Gasteiger partial charge >= 0.3 is 0 Å². The molecule has 1 aliphatic carbocycles. The Kier molecular flexibility index (Phi) is 2.15. The van der Waals surface area contributed by atoms with Gasteiger partial charge in [0.25, 0.3) is 0 Å². The largest absolute Gasteiger partial charge is 0.512 e. The number of nitrogens with one attached hydrogen (secondary N) is 1. The first-order valence-electron chi connectivity index (χ1n) is 3.59. The highest BCUT2D eigenvalue weighted by atomic mass is 35.5. The quantitative estimate of drug-likeness (QED) is 0.466. The van der Waals surface area contributed by atoms with Crippen LogP contribution in [0.3, 0.4) is 0 Å². The van der Waals surface area contributed by atoms with Gasteiger partial charge in [-0.25, -0.2) is 0 Å². The summed E-state index contributed by atoms with van der Waals surface area (Å²) in [6.07, 6.45) is 2.50. The molecule has 12 heavy (non-hydrogen) atoms. The first-order valence-corrected chi connectivity index (χ1v) is 3.97. The zero-order chi connectivity index (χ0) is 9.35. The number of rotatable bonds is 3. The van der Waals surface area contributed by atoms with Crippen molar-refractivity contribution in [2.75, 3.05) is 0 Å². The number of aliphatic hydroxyl groups is 1. The average molecular weight is 187 g/mol. The summed E-state index contributed by atoms with van der Waals surface area (Å²) in [6, 6.07) is 0. The molecule has 3 nitrogen and oxygen atoms in total. The van der Waals surface area contributed by atoms with E-state index < -0.39 is 5.41 Å². The molecule has 0 heterocycles. The summed E-state index contributed by atoms with van der Waals surface area (Å²) >= 11 is 5.64. The van der Waals surface area contributed by atoms with Crippen molar-refractivity contribution in [2.45, 2.75) is 12.8 Å². The van der Waals surface area contributed by atoms with E-state index in [4.69, 9.17) is 22.7 Å². The second-order valence-corrected chi connectivity index (χ2v) is 3.34. The fourth-order valence-corrected chi connectivity index (χ4v) is 1.33. The predicted molar refractivity (Wildman–Crippen MR) is 49.3 cm³/mol. The van der Waals surface area contributed by atoms with Crippen LogP contribution in [0, 0.1) is 10.8 Å². The molecule has 1 saturated carbocycles. The lowest BCUT2D eigenvalue weighted by Crippen LogP contribution is -2.16. The molecule has 0 aromatic heterocycles. The van der Waals surface area contributed by atoms with Crippen LogP contribution in [0.1, 0.15) is 12.8 Å². The molecular weight excluding hydrogens is 176 g/mol. The zero-order valence-electron chi connectivity index (χ0n) is 6.60. The van der Waals surface area contributed by atoms with Crippen molar-refractivity contribution in [3.8, 4) is 0 Å². The van der Waals surface area contributed by atoms with E-state index in [2.05, 4.69) is 6.58 Å². The molecule has 1 rings (SSSR count). The highest BCUT2D eigenvalue weighted by Gasteiger charge is 2.49. The van der Waals surface area contributed by atoms with Crippen LogP contribution in [0.4, 0.5) is 0 Å². The average Bonchev–Trinajstić information content (AvgIpc) is 2.81. The summed E-state index contributed by atoms with van der Waals surface area (Å²) in [4.78, 5) is 0. The predicted octanol–water partition coefficient (Wildman–Crippen LogP) is 1.90. The maximum atomic E-state index is 9.22. The lowest BCUT2D eigenvalue weighted by molar-refractivity contribution is 0.341. The number of halogens is 1. The molecule has 0 aliphatic heterocycles. The lowest BCUT2D eigenvalue weighted by Gasteiger charge is -2.14. The molecule has 0 aromatic carbocycles. The van der Waals surface area contributed by atoms with Crippen molar-refractivity contribution < 1.29 is 5.11 Å². The molecule has 66 valence electrons. The van der Waals surface area contributed by atoms with Gasteiger partial charge in [-0.05, 0) is 12.8 Å². The minimum atomic E-state index is -0.533. The molecule has 4 N–H and O–H groups in total. The van der Waals surface area contributed by atoms with Crippen molar-refractivity contribution in [3.05, 3.63) is 23.1 Å². The van der Waals surface area contributed by atoms with Gasteiger partial charge < -0.3 is 16.2 Å². The van der Waals surface area contributed by atoms with Gasteiger partial charge in [-0.2, -0.15) is 0 Å². The van der Waals surface area contributed by atoms with E-state index in [1.54, 1.807) is 0 Å². The number of nitrogens with two attached hydrogens (primary N) is 1. The van der Waals surface area contributed by atoms with Crippen LogP contribution < -0.4 is 5.73 Å². The third-order valence-corrected chi connectivity index (χ3v) is 2.51. The highest BCUT2D eigenvalue weighted by molar-refractivity contribution is 6.39. The number of allylic oxidation sites excluding steroid dienone is 1. The standard InChI is InChI=1S/C8H11ClN2O/c1-5(12)8(2-3-8)7(11)6(9)4-10/h4,10,12H,1-3,11H2/b7-6+,10-4?. The maximum Gasteiger partial charge on any atom is 0.0971 e. The summed E-state index contributed by atoms with van der Waals surface area (Å²) in [7, 11) is 0. The van der Waals surface area contributed by atoms with E-state index in [0.717, 1.165) is 19.1 Å². The molecule has 0 unspecified atom stereocenters. The minimum absolute atomic E-state index is 0.0417. The summed E-state index contributed by atoms with van der Waals surface area (Å²) in [5, 5.41) is 16.3. The summed E-state index contributed by atoms with van der Waals surface area (Å²) in [5.74, 6) is 0.0417. The molecule has 0 spiro atoms. The van der Waals surface area contributed by atoms with Gasteiger partial charge in [-0.1, -0.05) is 18.2 Å². The third-order valence-electron chi connectivity index (χ3n) is 2.20. The molecule has 0 amide bonds. The topological polar surface area (TPSA) is 70.1 Å². The van der Waals surface area contributed by atoms with Gasteiger partial charge in [0.2, 0.25) is 0 Å². The summed E-state index contributed by atoms with van der Waals surface area (Å²) < 4.78 is 0. The molecule has 1 aliphatic rings. The summed E-state index contributed by atoms with van der Waals surface area (Å²) in [5.41, 5.74) is 5.46. The number of hydrogen-bond donors (Lipinski definition) is 3. The normalized spacial score (nSPS) is 21.1. The lowest BCUT2D eigenvalue weighted by atomic mass is 10.0. The van der Waals surface area contributed by atoms with Gasteiger partial charge in [0, 0.05) is 11.9 Å². The van der Waals surface area contributed by atoms with Crippen molar-refractivity contribution in [3.63, 3.8) is 0 Å². The van der Waals surface area contributed by atoms with Gasteiger partial charge in [-0.3, -0.25) is 0 Å². The van der Waals surface area contributed by atoms with Crippen molar-refractivity contribution in [1.29, 1.82) is 5.41 Å². The van der Waals surface area contributed by atoms with Crippen LogP contribution in [-0.2, 0) is 0 Å². The van der Waals surface area contributed by atoms with E-state index in [9.17, 15) is 5.11 Å². The Bertz CT molecular complexity index is 266. The fraction of sp³-hybridized carbons (Fsp3) is 0.375. The Labute approximate surface area is 76.0 Å². The molecule has 0 atom stereocenters. The van der Waals surface area contributed by atoms with E-state index in [1.807, 2.05) is 0 Å².